The first kappa shape index (κ1) is 14.7. The van der Waals surface area contributed by atoms with Gasteiger partial charge < -0.3 is 15.8 Å². The van der Waals surface area contributed by atoms with Crippen LogP contribution in [0, 0.1) is 17.5 Å². The van der Waals surface area contributed by atoms with Gasteiger partial charge in [-0.2, -0.15) is 0 Å². The summed E-state index contributed by atoms with van der Waals surface area (Å²) < 4.78 is 44.1. The Hall–Kier alpha value is -2.70. The van der Waals surface area contributed by atoms with Crippen molar-refractivity contribution in [3.8, 4) is 5.75 Å². The molecule has 0 saturated carbocycles. The largest absolute Gasteiger partial charge is 0.494 e. The number of ether oxygens (including phenoxy) is 1. The number of rotatable bonds is 3. The summed E-state index contributed by atoms with van der Waals surface area (Å²) in [4.78, 5) is 12.0. The van der Waals surface area contributed by atoms with Crippen molar-refractivity contribution in [3.05, 3.63) is 53.3 Å². The number of nitrogens with two attached hydrogens (primary N) is 1. The second kappa shape index (κ2) is 5.74. The van der Waals surface area contributed by atoms with Crippen LogP contribution in [-0.2, 0) is 0 Å². The number of nitrogens with one attached hydrogen (secondary N) is 1. The molecule has 21 heavy (non-hydrogen) atoms. The fourth-order valence-corrected chi connectivity index (χ4v) is 1.72. The number of hydrogen-bond donors (Lipinski definition) is 2. The number of nitrogen functional groups attached to an aromatic ring is 1. The van der Waals surface area contributed by atoms with Crippen molar-refractivity contribution in [2.75, 3.05) is 18.2 Å². The van der Waals surface area contributed by atoms with E-state index in [0.29, 0.717) is 12.1 Å². The van der Waals surface area contributed by atoms with E-state index in [1.54, 1.807) is 0 Å². The molecule has 0 aliphatic heterocycles. The van der Waals surface area contributed by atoms with E-state index in [9.17, 15) is 18.0 Å². The molecule has 0 heterocycles. The lowest BCUT2D eigenvalue weighted by atomic mass is 10.1. The highest BCUT2D eigenvalue weighted by Gasteiger charge is 2.16. The van der Waals surface area contributed by atoms with Crippen molar-refractivity contribution in [2.45, 2.75) is 0 Å². The van der Waals surface area contributed by atoms with Crippen LogP contribution >= 0.6 is 0 Å². The van der Waals surface area contributed by atoms with Crippen molar-refractivity contribution >= 4 is 17.3 Å². The van der Waals surface area contributed by atoms with E-state index in [-0.39, 0.29) is 22.7 Å². The molecule has 2 rings (SSSR count). The smallest absolute Gasteiger partial charge is 0.257 e. The van der Waals surface area contributed by atoms with Crippen molar-refractivity contribution in [3.63, 3.8) is 0 Å². The molecule has 0 saturated heterocycles. The van der Waals surface area contributed by atoms with E-state index >= 15 is 0 Å². The summed E-state index contributed by atoms with van der Waals surface area (Å²) in [6.45, 7) is 0. The van der Waals surface area contributed by atoms with Crippen molar-refractivity contribution < 1.29 is 22.7 Å². The normalized spacial score (nSPS) is 10.3. The molecular formula is C14H11F3N2O2. The van der Waals surface area contributed by atoms with Crippen LogP contribution in [0.5, 0.6) is 5.75 Å². The van der Waals surface area contributed by atoms with E-state index in [1.165, 1.54) is 13.2 Å². The Morgan fingerprint density at radius 3 is 2.48 bits per heavy atom. The Kier molecular flexibility index (Phi) is 4.02. The number of halogens is 3. The van der Waals surface area contributed by atoms with E-state index in [4.69, 9.17) is 10.5 Å². The van der Waals surface area contributed by atoms with E-state index in [0.717, 1.165) is 12.1 Å². The van der Waals surface area contributed by atoms with Gasteiger partial charge in [0.1, 0.15) is 11.6 Å². The number of amides is 1. The van der Waals surface area contributed by atoms with E-state index in [1.807, 2.05) is 0 Å². The Morgan fingerprint density at radius 1 is 1.14 bits per heavy atom. The number of carbonyl (C=O) groups is 1. The molecule has 0 atom stereocenters. The molecule has 0 unspecified atom stereocenters. The Labute approximate surface area is 118 Å². The molecule has 2 aromatic rings. The first-order chi connectivity index (χ1) is 9.92. The first-order valence-corrected chi connectivity index (χ1v) is 5.81. The fourth-order valence-electron chi connectivity index (χ4n) is 1.72. The summed E-state index contributed by atoms with van der Waals surface area (Å²) >= 11 is 0. The third-order valence-corrected chi connectivity index (χ3v) is 2.75. The second-order valence-corrected chi connectivity index (χ2v) is 4.15. The summed E-state index contributed by atoms with van der Waals surface area (Å²) in [7, 11) is 1.30. The molecule has 0 radical (unpaired) electrons. The van der Waals surface area contributed by atoms with Crippen LogP contribution in [0.1, 0.15) is 10.4 Å². The standard InChI is InChI=1S/C14H11F3N2O2/c1-21-13-4-7(15)2-3-12(13)19-14(20)8-5-9(16)10(17)6-11(8)18/h2-6H,18H2,1H3,(H,19,20). The highest BCUT2D eigenvalue weighted by atomic mass is 19.2. The zero-order chi connectivity index (χ0) is 15.6. The summed E-state index contributed by atoms with van der Waals surface area (Å²) in [6, 6.07) is 4.88. The van der Waals surface area contributed by atoms with Crippen LogP contribution in [0.2, 0.25) is 0 Å². The lowest BCUT2D eigenvalue weighted by molar-refractivity contribution is 0.102. The number of benzene rings is 2. The maximum absolute atomic E-state index is 13.2. The van der Waals surface area contributed by atoms with Gasteiger partial charge in [0.05, 0.1) is 18.4 Å². The summed E-state index contributed by atoms with van der Waals surface area (Å²) in [5.41, 5.74) is 5.20. The maximum atomic E-state index is 13.2. The second-order valence-electron chi connectivity index (χ2n) is 4.15. The van der Waals surface area contributed by atoms with Crippen LogP contribution in [0.15, 0.2) is 30.3 Å². The van der Waals surface area contributed by atoms with E-state index in [2.05, 4.69) is 5.32 Å². The molecular weight excluding hydrogens is 285 g/mol. The lowest BCUT2D eigenvalue weighted by Gasteiger charge is -2.11. The van der Waals surface area contributed by atoms with Gasteiger partial charge in [0.25, 0.3) is 5.91 Å². The van der Waals surface area contributed by atoms with Gasteiger partial charge in [-0.05, 0) is 18.2 Å². The molecule has 0 aliphatic carbocycles. The third-order valence-electron chi connectivity index (χ3n) is 2.75. The molecule has 0 bridgehead atoms. The number of anilines is 2. The number of carbonyl (C=O) groups excluding carboxylic acids is 1. The monoisotopic (exact) mass is 296 g/mol. The van der Waals surface area contributed by atoms with Crippen molar-refractivity contribution in [1.82, 2.24) is 0 Å². The van der Waals surface area contributed by atoms with Crippen LogP contribution < -0.4 is 15.8 Å². The maximum Gasteiger partial charge on any atom is 0.257 e. The number of hydrogen-bond acceptors (Lipinski definition) is 3. The minimum Gasteiger partial charge on any atom is -0.494 e. The predicted octanol–water partition coefficient (Wildman–Crippen LogP) is 2.95. The molecule has 0 aromatic heterocycles. The quantitative estimate of drug-likeness (QED) is 0.856. The minimum atomic E-state index is -1.19. The molecule has 0 spiro atoms. The Bertz CT molecular complexity index is 705. The lowest BCUT2D eigenvalue weighted by Crippen LogP contribution is -2.15. The summed E-state index contributed by atoms with van der Waals surface area (Å²) in [6.07, 6.45) is 0. The molecule has 3 N–H and O–H groups in total. The average Bonchev–Trinajstić information content (AvgIpc) is 2.44. The van der Waals surface area contributed by atoms with Crippen LogP contribution in [0.3, 0.4) is 0 Å². The molecule has 7 heteroatoms. The summed E-state index contributed by atoms with van der Waals surface area (Å²) in [5.74, 6) is -3.57. The molecule has 110 valence electrons. The molecule has 4 nitrogen and oxygen atoms in total. The first-order valence-electron chi connectivity index (χ1n) is 5.81. The van der Waals surface area contributed by atoms with Crippen molar-refractivity contribution in [2.24, 2.45) is 0 Å². The van der Waals surface area contributed by atoms with Gasteiger partial charge in [-0.25, -0.2) is 13.2 Å². The Morgan fingerprint density at radius 2 is 1.81 bits per heavy atom. The topological polar surface area (TPSA) is 64.3 Å². The number of methoxy groups -OCH3 is 1. The van der Waals surface area contributed by atoms with Gasteiger partial charge in [0, 0.05) is 17.8 Å². The molecule has 1 amide bonds. The van der Waals surface area contributed by atoms with Gasteiger partial charge in [0.15, 0.2) is 11.6 Å². The Balaban J connectivity index is 2.32. The van der Waals surface area contributed by atoms with Crippen molar-refractivity contribution in [1.29, 1.82) is 0 Å². The SMILES string of the molecule is COc1cc(F)ccc1NC(=O)c1cc(F)c(F)cc1N. The van der Waals surface area contributed by atoms with Crippen LogP contribution in [0.4, 0.5) is 24.5 Å². The van der Waals surface area contributed by atoms with Crippen LogP contribution in [-0.4, -0.2) is 13.0 Å². The summed E-state index contributed by atoms with van der Waals surface area (Å²) in [5, 5.41) is 2.39. The molecule has 0 aliphatic rings. The average molecular weight is 296 g/mol. The van der Waals surface area contributed by atoms with Gasteiger partial charge in [-0.1, -0.05) is 0 Å². The zero-order valence-electron chi connectivity index (χ0n) is 10.9. The van der Waals surface area contributed by atoms with Gasteiger partial charge in [-0.3, -0.25) is 4.79 Å². The highest BCUT2D eigenvalue weighted by Crippen LogP contribution is 2.26. The molecule has 0 fully saturated rings. The minimum absolute atomic E-state index is 0.0875. The third kappa shape index (κ3) is 3.07. The predicted molar refractivity (Wildman–Crippen MR) is 71.7 cm³/mol. The highest BCUT2D eigenvalue weighted by molar-refractivity contribution is 6.08. The van der Waals surface area contributed by atoms with Gasteiger partial charge in [-0.15, -0.1) is 0 Å². The molecule has 2 aromatic carbocycles. The van der Waals surface area contributed by atoms with Crippen LogP contribution in [0.25, 0.3) is 0 Å². The van der Waals surface area contributed by atoms with Gasteiger partial charge in [0.2, 0.25) is 0 Å². The van der Waals surface area contributed by atoms with Gasteiger partial charge >= 0.3 is 0 Å². The fraction of sp³-hybridized carbons (Fsp3) is 0.0714. The zero-order valence-corrected chi connectivity index (χ0v) is 10.9. The van der Waals surface area contributed by atoms with E-state index < -0.39 is 23.4 Å².